The van der Waals surface area contributed by atoms with Gasteiger partial charge < -0.3 is 15.2 Å². The molecule has 0 saturated carbocycles. The van der Waals surface area contributed by atoms with Crippen LogP contribution in [0.25, 0.3) is 0 Å². The second-order valence-electron chi connectivity index (χ2n) is 1.95. The number of hydrogen-bond donors (Lipinski definition) is 2. The Hall–Kier alpha value is -0.750. The number of rotatable bonds is 7. The SMILES string of the molecule is COCSCC(NC=O)C(=O)O. The maximum atomic E-state index is 10.4. The fourth-order valence-electron chi connectivity index (χ4n) is 0.522. The van der Waals surface area contributed by atoms with Crippen molar-refractivity contribution in [3.05, 3.63) is 0 Å². The van der Waals surface area contributed by atoms with Gasteiger partial charge in [-0.1, -0.05) is 0 Å². The van der Waals surface area contributed by atoms with Crippen LogP contribution in [0.1, 0.15) is 0 Å². The van der Waals surface area contributed by atoms with Crippen molar-refractivity contribution in [3.63, 3.8) is 0 Å². The van der Waals surface area contributed by atoms with Crippen LogP contribution in [-0.4, -0.2) is 42.3 Å². The van der Waals surface area contributed by atoms with Crippen LogP contribution in [0.3, 0.4) is 0 Å². The predicted molar refractivity (Wildman–Crippen MR) is 45.0 cm³/mol. The third-order valence-corrected chi connectivity index (χ3v) is 2.02. The van der Waals surface area contributed by atoms with Gasteiger partial charge in [-0.15, -0.1) is 11.8 Å². The Balaban J connectivity index is 3.63. The van der Waals surface area contributed by atoms with Gasteiger partial charge in [-0.2, -0.15) is 0 Å². The van der Waals surface area contributed by atoms with E-state index in [0.29, 0.717) is 18.1 Å². The highest BCUT2D eigenvalue weighted by Gasteiger charge is 2.15. The van der Waals surface area contributed by atoms with Crippen LogP contribution in [-0.2, 0) is 14.3 Å². The monoisotopic (exact) mass is 193 g/mol. The quantitative estimate of drug-likeness (QED) is 0.324. The number of amides is 1. The van der Waals surface area contributed by atoms with Crippen molar-refractivity contribution in [2.45, 2.75) is 6.04 Å². The fourth-order valence-corrected chi connectivity index (χ4v) is 1.26. The molecule has 0 rings (SSSR count). The molecule has 0 aliphatic carbocycles. The van der Waals surface area contributed by atoms with Crippen molar-refractivity contribution in [3.8, 4) is 0 Å². The zero-order valence-corrected chi connectivity index (χ0v) is 7.47. The Morgan fingerprint density at radius 3 is 2.92 bits per heavy atom. The third kappa shape index (κ3) is 4.97. The van der Waals surface area contributed by atoms with Gasteiger partial charge in [-0.05, 0) is 0 Å². The molecular formula is C6H11NO4S. The van der Waals surface area contributed by atoms with Crippen LogP contribution >= 0.6 is 11.8 Å². The van der Waals surface area contributed by atoms with Crippen LogP contribution in [0.4, 0.5) is 0 Å². The molecule has 1 unspecified atom stereocenters. The van der Waals surface area contributed by atoms with Gasteiger partial charge in [0, 0.05) is 12.9 Å². The Kier molecular flexibility index (Phi) is 6.50. The van der Waals surface area contributed by atoms with Gasteiger partial charge in [0.2, 0.25) is 6.41 Å². The summed E-state index contributed by atoms with van der Waals surface area (Å²) in [6.07, 6.45) is 0.381. The number of carboxylic acid groups (broad SMARTS) is 1. The molecule has 0 bridgehead atoms. The Morgan fingerprint density at radius 2 is 2.50 bits per heavy atom. The van der Waals surface area contributed by atoms with Crippen molar-refractivity contribution >= 4 is 24.1 Å². The summed E-state index contributed by atoms with van der Waals surface area (Å²) in [5.74, 6) is -0.308. The molecule has 70 valence electrons. The number of methoxy groups -OCH3 is 1. The first kappa shape index (κ1) is 11.2. The second-order valence-corrected chi connectivity index (χ2v) is 2.93. The largest absolute Gasteiger partial charge is 0.480 e. The van der Waals surface area contributed by atoms with Gasteiger partial charge in [0.1, 0.15) is 6.04 Å². The van der Waals surface area contributed by atoms with Crippen molar-refractivity contribution in [1.29, 1.82) is 0 Å². The van der Waals surface area contributed by atoms with Crippen LogP contribution in [0.5, 0.6) is 0 Å². The molecule has 1 atom stereocenters. The lowest BCUT2D eigenvalue weighted by molar-refractivity contribution is -0.139. The summed E-state index contributed by atoms with van der Waals surface area (Å²) in [6, 6.07) is -0.831. The molecule has 0 aromatic rings. The zero-order valence-electron chi connectivity index (χ0n) is 6.65. The molecule has 12 heavy (non-hydrogen) atoms. The van der Waals surface area contributed by atoms with Crippen LogP contribution < -0.4 is 5.32 Å². The zero-order chi connectivity index (χ0) is 9.40. The van der Waals surface area contributed by atoms with E-state index in [0.717, 1.165) is 0 Å². The number of hydrogen-bond acceptors (Lipinski definition) is 4. The maximum absolute atomic E-state index is 10.4. The minimum absolute atomic E-state index is 0.307. The summed E-state index contributed by atoms with van der Waals surface area (Å²) in [4.78, 5) is 20.3. The minimum Gasteiger partial charge on any atom is -0.480 e. The summed E-state index contributed by atoms with van der Waals surface area (Å²) in [5, 5.41) is 10.7. The molecule has 0 aromatic carbocycles. The standard InChI is InChI=1S/C6H11NO4S/c1-11-4-12-2-5(6(9)10)7-3-8/h3,5H,2,4H2,1H3,(H,7,8)(H,9,10). The van der Waals surface area contributed by atoms with Gasteiger partial charge in [0.05, 0.1) is 5.94 Å². The first-order valence-corrected chi connectivity index (χ1v) is 4.37. The molecule has 2 N–H and O–H groups in total. The van der Waals surface area contributed by atoms with Crippen molar-refractivity contribution in [1.82, 2.24) is 5.32 Å². The highest BCUT2D eigenvalue weighted by atomic mass is 32.2. The molecule has 0 saturated heterocycles. The smallest absolute Gasteiger partial charge is 0.327 e. The van der Waals surface area contributed by atoms with Gasteiger partial charge >= 0.3 is 5.97 Å². The molecule has 6 heteroatoms. The lowest BCUT2D eigenvalue weighted by Gasteiger charge is -2.09. The second kappa shape index (κ2) is 6.93. The lowest BCUT2D eigenvalue weighted by atomic mass is 10.3. The van der Waals surface area contributed by atoms with E-state index in [1.54, 1.807) is 0 Å². The predicted octanol–water partition coefficient (Wildman–Crippen LogP) is -0.477. The third-order valence-electron chi connectivity index (χ3n) is 1.05. The number of nitrogens with one attached hydrogen (secondary N) is 1. The molecule has 0 aliphatic heterocycles. The van der Waals surface area contributed by atoms with Crippen molar-refractivity contribution in [2.75, 3.05) is 18.8 Å². The lowest BCUT2D eigenvalue weighted by Crippen LogP contribution is -2.37. The van der Waals surface area contributed by atoms with E-state index in [9.17, 15) is 9.59 Å². The van der Waals surface area contributed by atoms with Gasteiger partial charge in [-0.25, -0.2) is 4.79 Å². The molecule has 0 spiro atoms. The van der Waals surface area contributed by atoms with Gasteiger partial charge in [0.15, 0.2) is 0 Å². The highest BCUT2D eigenvalue weighted by Crippen LogP contribution is 2.02. The summed E-state index contributed by atoms with van der Waals surface area (Å²) >= 11 is 1.31. The molecule has 0 heterocycles. The van der Waals surface area contributed by atoms with E-state index in [2.05, 4.69) is 5.32 Å². The summed E-state index contributed by atoms with van der Waals surface area (Å²) in [6.45, 7) is 0. The molecule has 1 amide bonds. The molecule has 0 aromatic heterocycles. The molecule has 5 nitrogen and oxygen atoms in total. The van der Waals surface area contributed by atoms with Crippen LogP contribution in [0, 0.1) is 0 Å². The molecule has 0 radical (unpaired) electrons. The molecular weight excluding hydrogens is 182 g/mol. The van der Waals surface area contributed by atoms with E-state index in [4.69, 9.17) is 9.84 Å². The van der Waals surface area contributed by atoms with E-state index in [1.165, 1.54) is 18.9 Å². The minimum atomic E-state index is -1.04. The Labute approximate surface area is 74.5 Å². The summed E-state index contributed by atoms with van der Waals surface area (Å²) in [7, 11) is 1.52. The van der Waals surface area contributed by atoms with Crippen molar-refractivity contribution in [2.24, 2.45) is 0 Å². The highest BCUT2D eigenvalue weighted by molar-refractivity contribution is 7.99. The molecule has 0 fully saturated rings. The van der Waals surface area contributed by atoms with Crippen LogP contribution in [0.15, 0.2) is 0 Å². The number of carboxylic acids is 1. The summed E-state index contributed by atoms with van der Waals surface area (Å²) < 4.78 is 4.70. The maximum Gasteiger partial charge on any atom is 0.327 e. The van der Waals surface area contributed by atoms with Gasteiger partial charge in [0.25, 0.3) is 0 Å². The fraction of sp³-hybridized carbons (Fsp3) is 0.667. The van der Waals surface area contributed by atoms with Crippen LogP contribution in [0.2, 0.25) is 0 Å². The number of carbonyl (C=O) groups excluding carboxylic acids is 1. The number of carbonyl (C=O) groups is 2. The average molecular weight is 193 g/mol. The van der Waals surface area contributed by atoms with Gasteiger partial charge in [-0.3, -0.25) is 4.79 Å². The number of thioether (sulfide) groups is 1. The van der Waals surface area contributed by atoms with Crippen molar-refractivity contribution < 1.29 is 19.4 Å². The van der Waals surface area contributed by atoms with E-state index in [1.807, 2.05) is 0 Å². The first-order chi connectivity index (χ1) is 5.72. The Morgan fingerprint density at radius 1 is 1.83 bits per heavy atom. The Bertz CT molecular complexity index is 152. The molecule has 0 aliphatic rings. The number of aliphatic carboxylic acids is 1. The average Bonchev–Trinajstić information content (AvgIpc) is 2.03. The van der Waals surface area contributed by atoms with E-state index >= 15 is 0 Å². The van der Waals surface area contributed by atoms with E-state index < -0.39 is 12.0 Å². The summed E-state index contributed by atoms with van der Waals surface area (Å²) in [5.41, 5.74) is 0. The first-order valence-electron chi connectivity index (χ1n) is 3.21. The number of ether oxygens (including phenoxy) is 1. The topological polar surface area (TPSA) is 75.6 Å². The van der Waals surface area contributed by atoms with E-state index in [-0.39, 0.29) is 0 Å². The normalized spacial score (nSPS) is 12.1.